The topological polar surface area (TPSA) is 65.0 Å². The highest BCUT2D eigenvalue weighted by Crippen LogP contribution is 2.41. The Morgan fingerprint density at radius 2 is 0.679 bits per heavy atom. The fourth-order valence-electron chi connectivity index (χ4n) is 7.76. The van der Waals surface area contributed by atoms with Crippen molar-refractivity contribution in [3.63, 3.8) is 0 Å². The molecule has 0 saturated carbocycles. The van der Waals surface area contributed by atoms with Crippen LogP contribution in [0.5, 0.6) is 0 Å². The summed E-state index contributed by atoms with van der Waals surface area (Å²) in [5.41, 5.74) is 12.9. The summed E-state index contributed by atoms with van der Waals surface area (Å²) in [5, 5.41) is 4.41. The Morgan fingerprint density at radius 3 is 1.27 bits per heavy atom. The molecule has 0 amide bonds. The molecule has 3 aromatic heterocycles. The number of rotatable bonds is 6. The van der Waals surface area contributed by atoms with Crippen LogP contribution in [0.15, 0.2) is 197 Å². The number of nitrogens with zero attached hydrogens (tertiary/aromatic N) is 3. The van der Waals surface area contributed by atoms with E-state index in [-0.39, 0.29) is 0 Å². The molecule has 0 N–H and O–H groups in total. The van der Waals surface area contributed by atoms with E-state index in [4.69, 9.17) is 23.8 Å². The molecule has 0 unspecified atom stereocenters. The summed E-state index contributed by atoms with van der Waals surface area (Å²) in [7, 11) is 0. The Bertz CT molecular complexity index is 3160. The van der Waals surface area contributed by atoms with Crippen LogP contribution in [0.25, 0.3) is 111 Å². The van der Waals surface area contributed by atoms with Gasteiger partial charge in [0, 0.05) is 49.4 Å². The predicted octanol–water partition coefficient (Wildman–Crippen LogP) is 13.7. The maximum absolute atomic E-state index is 6.57. The fraction of sp³-hybridized carbons (Fsp3) is 0. The van der Waals surface area contributed by atoms with Gasteiger partial charge in [-0.25, -0.2) is 15.0 Å². The van der Waals surface area contributed by atoms with Gasteiger partial charge in [0.1, 0.15) is 22.3 Å². The molecule has 8 aromatic carbocycles. The quantitative estimate of drug-likeness (QED) is 0.171. The third-order valence-corrected chi connectivity index (χ3v) is 10.6. The molecule has 262 valence electrons. The Hall–Kier alpha value is -7.63. The van der Waals surface area contributed by atoms with Gasteiger partial charge in [-0.1, -0.05) is 170 Å². The summed E-state index contributed by atoms with van der Waals surface area (Å²) in [6, 6.07) is 64.6. The molecule has 0 fully saturated rings. The lowest BCUT2D eigenvalue weighted by Gasteiger charge is -2.09. The Labute approximate surface area is 322 Å². The molecule has 56 heavy (non-hydrogen) atoms. The summed E-state index contributed by atoms with van der Waals surface area (Å²) in [6.07, 6.45) is 0. The van der Waals surface area contributed by atoms with Crippen LogP contribution in [0.4, 0.5) is 0 Å². The highest BCUT2D eigenvalue weighted by atomic mass is 16.3. The minimum Gasteiger partial charge on any atom is -0.455 e. The number of hydrogen-bond donors (Lipinski definition) is 0. The first-order valence-corrected chi connectivity index (χ1v) is 18.7. The van der Waals surface area contributed by atoms with Gasteiger partial charge in [0.15, 0.2) is 17.5 Å². The molecular formula is C51H31N3O2. The molecule has 0 spiro atoms. The second kappa shape index (κ2) is 13.0. The molecular weight excluding hydrogens is 687 g/mol. The maximum Gasteiger partial charge on any atom is 0.164 e. The first kappa shape index (κ1) is 31.9. The van der Waals surface area contributed by atoms with Crippen molar-refractivity contribution in [1.29, 1.82) is 0 Å². The number of para-hydroxylation sites is 3. The molecule has 0 radical (unpaired) electrons. The van der Waals surface area contributed by atoms with Crippen molar-refractivity contribution in [3.8, 4) is 67.5 Å². The van der Waals surface area contributed by atoms with Crippen molar-refractivity contribution in [1.82, 2.24) is 15.0 Å². The van der Waals surface area contributed by atoms with Crippen molar-refractivity contribution < 1.29 is 8.83 Å². The van der Waals surface area contributed by atoms with Crippen LogP contribution in [0.2, 0.25) is 0 Å². The molecule has 0 saturated heterocycles. The molecule has 0 atom stereocenters. The Balaban J connectivity index is 0.910. The van der Waals surface area contributed by atoms with Crippen molar-refractivity contribution in [2.45, 2.75) is 0 Å². The first-order valence-electron chi connectivity index (χ1n) is 18.7. The number of fused-ring (bicyclic) bond motifs is 6. The van der Waals surface area contributed by atoms with Crippen LogP contribution < -0.4 is 0 Å². The number of furan rings is 2. The molecule has 11 rings (SSSR count). The fourth-order valence-corrected chi connectivity index (χ4v) is 7.76. The van der Waals surface area contributed by atoms with E-state index < -0.39 is 0 Å². The molecule has 0 aliphatic rings. The molecule has 5 heteroatoms. The number of hydrogen-bond acceptors (Lipinski definition) is 5. The molecule has 3 heterocycles. The van der Waals surface area contributed by atoms with E-state index in [2.05, 4.69) is 115 Å². The summed E-state index contributed by atoms with van der Waals surface area (Å²) < 4.78 is 12.9. The van der Waals surface area contributed by atoms with E-state index in [1.165, 1.54) is 0 Å². The van der Waals surface area contributed by atoms with E-state index in [0.29, 0.717) is 17.5 Å². The van der Waals surface area contributed by atoms with Gasteiger partial charge in [0.2, 0.25) is 0 Å². The normalized spacial score (nSPS) is 11.6. The highest BCUT2D eigenvalue weighted by Gasteiger charge is 2.17. The Morgan fingerprint density at radius 1 is 0.268 bits per heavy atom. The van der Waals surface area contributed by atoms with Crippen molar-refractivity contribution in [2.75, 3.05) is 0 Å². The number of aromatic nitrogens is 3. The minimum atomic E-state index is 0.636. The lowest BCUT2D eigenvalue weighted by Crippen LogP contribution is -2.00. The maximum atomic E-state index is 6.57. The molecule has 5 nitrogen and oxygen atoms in total. The van der Waals surface area contributed by atoms with Crippen LogP contribution >= 0.6 is 0 Å². The standard InChI is InChI=1S/C51H31N3O2/c1-3-11-35(12-4-1)49-52-50(36-13-5-2-6-14-36)54-51(53-49)37-27-23-33(24-28-37)32-21-25-34(26-22-32)39-16-9-19-43-44-31-38(29-30-46(44)56-47(39)43)40-17-10-18-42-41-15-7-8-20-45(41)55-48(40)42/h1-31H. The van der Waals surface area contributed by atoms with Gasteiger partial charge < -0.3 is 8.83 Å². The highest BCUT2D eigenvalue weighted by molar-refractivity contribution is 6.13. The lowest BCUT2D eigenvalue weighted by molar-refractivity contribution is 0.669. The van der Waals surface area contributed by atoms with Crippen molar-refractivity contribution >= 4 is 43.9 Å². The van der Waals surface area contributed by atoms with Crippen LogP contribution in [0.1, 0.15) is 0 Å². The van der Waals surface area contributed by atoms with Gasteiger partial charge in [-0.2, -0.15) is 0 Å². The average molecular weight is 718 g/mol. The van der Waals surface area contributed by atoms with Gasteiger partial charge in [-0.05, 0) is 40.5 Å². The smallest absolute Gasteiger partial charge is 0.164 e. The van der Waals surface area contributed by atoms with Gasteiger partial charge in [-0.3, -0.25) is 0 Å². The zero-order valence-corrected chi connectivity index (χ0v) is 30.1. The van der Waals surface area contributed by atoms with Crippen molar-refractivity contribution in [3.05, 3.63) is 188 Å². The molecule has 0 aliphatic heterocycles. The Kier molecular flexibility index (Phi) is 7.42. The number of benzene rings is 8. The predicted molar refractivity (Wildman–Crippen MR) is 227 cm³/mol. The minimum absolute atomic E-state index is 0.636. The van der Waals surface area contributed by atoms with Crippen LogP contribution in [0, 0.1) is 0 Å². The molecule has 0 bridgehead atoms. The lowest BCUT2D eigenvalue weighted by atomic mass is 9.97. The first-order chi connectivity index (χ1) is 27.7. The van der Waals surface area contributed by atoms with Crippen LogP contribution in [-0.2, 0) is 0 Å². The van der Waals surface area contributed by atoms with E-state index in [0.717, 1.165) is 93.9 Å². The van der Waals surface area contributed by atoms with E-state index in [1.807, 2.05) is 72.8 Å². The van der Waals surface area contributed by atoms with Crippen LogP contribution in [0.3, 0.4) is 0 Å². The largest absolute Gasteiger partial charge is 0.455 e. The second-order valence-electron chi connectivity index (χ2n) is 14.0. The van der Waals surface area contributed by atoms with Crippen molar-refractivity contribution in [2.24, 2.45) is 0 Å². The summed E-state index contributed by atoms with van der Waals surface area (Å²) >= 11 is 0. The SMILES string of the molecule is c1ccc(-c2nc(-c3ccccc3)nc(-c3ccc(-c4ccc(-c5cccc6c5oc5ccc(-c7cccc8c7oc7ccccc78)cc56)cc4)cc3)n2)cc1. The summed E-state index contributed by atoms with van der Waals surface area (Å²) in [4.78, 5) is 14.6. The van der Waals surface area contributed by atoms with E-state index in [1.54, 1.807) is 0 Å². The van der Waals surface area contributed by atoms with Gasteiger partial charge in [0.25, 0.3) is 0 Å². The monoisotopic (exact) mass is 717 g/mol. The van der Waals surface area contributed by atoms with E-state index in [9.17, 15) is 0 Å². The zero-order chi connectivity index (χ0) is 37.0. The third kappa shape index (κ3) is 5.45. The molecule has 11 aromatic rings. The molecule has 0 aliphatic carbocycles. The average Bonchev–Trinajstić information content (AvgIpc) is 3.85. The summed E-state index contributed by atoms with van der Waals surface area (Å²) in [5.74, 6) is 1.93. The van der Waals surface area contributed by atoms with E-state index >= 15 is 0 Å². The second-order valence-corrected chi connectivity index (χ2v) is 14.0. The summed E-state index contributed by atoms with van der Waals surface area (Å²) in [6.45, 7) is 0. The zero-order valence-electron chi connectivity index (χ0n) is 30.1. The van der Waals surface area contributed by atoms with Gasteiger partial charge in [-0.15, -0.1) is 0 Å². The van der Waals surface area contributed by atoms with Gasteiger partial charge in [0.05, 0.1) is 0 Å². The van der Waals surface area contributed by atoms with Gasteiger partial charge >= 0.3 is 0 Å². The van der Waals surface area contributed by atoms with Crippen LogP contribution in [-0.4, -0.2) is 15.0 Å². The third-order valence-electron chi connectivity index (χ3n) is 10.6.